The zero-order valence-corrected chi connectivity index (χ0v) is 13.5. The van der Waals surface area contributed by atoms with Gasteiger partial charge in [-0.1, -0.05) is 12.1 Å². The van der Waals surface area contributed by atoms with E-state index in [1.54, 1.807) is 12.1 Å². The maximum atomic E-state index is 12.0. The fraction of sp³-hybridized carbons (Fsp3) is 0.429. The van der Waals surface area contributed by atoms with E-state index in [1.165, 1.54) is 31.0 Å². The van der Waals surface area contributed by atoms with Crippen LogP contribution < -0.4 is 10.1 Å². The maximum absolute atomic E-state index is 12.0. The summed E-state index contributed by atoms with van der Waals surface area (Å²) in [6, 6.07) is 5.11. The highest BCUT2D eigenvalue weighted by Crippen LogP contribution is 2.14. The first-order valence-corrected chi connectivity index (χ1v) is 6.53. The molecule has 0 radical (unpaired) electrons. The van der Waals surface area contributed by atoms with Gasteiger partial charge in [-0.3, -0.25) is 14.5 Å². The molecule has 0 saturated carbocycles. The van der Waals surface area contributed by atoms with Gasteiger partial charge in [0.25, 0.3) is 0 Å². The first-order valence-electron chi connectivity index (χ1n) is 6.53. The van der Waals surface area contributed by atoms with Crippen LogP contribution in [0.4, 0.5) is 8.78 Å². The first-order chi connectivity index (χ1) is 10.3. The van der Waals surface area contributed by atoms with Gasteiger partial charge in [0.05, 0.1) is 6.54 Å². The van der Waals surface area contributed by atoms with Crippen LogP contribution in [0.25, 0.3) is 0 Å². The smallest absolute Gasteiger partial charge is 0.387 e. The minimum Gasteiger partial charge on any atom is -0.480 e. The number of carbonyl (C=O) groups is 2. The molecule has 1 aromatic rings. The molecular weight excluding hydrogens is 334 g/mol. The van der Waals surface area contributed by atoms with Crippen LogP contribution in [0.3, 0.4) is 0 Å². The fourth-order valence-electron chi connectivity index (χ4n) is 1.60. The third kappa shape index (κ3) is 7.75. The van der Waals surface area contributed by atoms with Crippen LogP contribution >= 0.6 is 12.4 Å². The van der Waals surface area contributed by atoms with Crippen molar-refractivity contribution >= 4 is 24.3 Å². The predicted molar refractivity (Wildman–Crippen MR) is 81.9 cm³/mol. The van der Waals surface area contributed by atoms with Gasteiger partial charge in [0, 0.05) is 6.54 Å². The molecule has 0 bridgehead atoms. The van der Waals surface area contributed by atoms with E-state index in [9.17, 15) is 18.4 Å². The Labute approximate surface area is 138 Å². The van der Waals surface area contributed by atoms with Crippen LogP contribution in [0.15, 0.2) is 24.3 Å². The second-order valence-corrected chi connectivity index (χ2v) is 4.73. The third-order valence-corrected chi connectivity index (χ3v) is 3.05. The molecule has 2 N–H and O–H groups in total. The van der Waals surface area contributed by atoms with E-state index in [1.807, 2.05) is 0 Å². The summed E-state index contributed by atoms with van der Waals surface area (Å²) < 4.78 is 28.2. The van der Waals surface area contributed by atoms with E-state index in [-0.39, 0.29) is 37.2 Å². The number of carboxylic acid groups (broad SMARTS) is 1. The summed E-state index contributed by atoms with van der Waals surface area (Å²) in [5.41, 5.74) is 0.712. The lowest BCUT2D eigenvalue weighted by Crippen LogP contribution is -2.42. The molecule has 9 heteroatoms. The normalized spacial score (nSPS) is 11.7. The van der Waals surface area contributed by atoms with Crippen LogP contribution in [0.1, 0.15) is 12.5 Å². The van der Waals surface area contributed by atoms with Crippen molar-refractivity contribution in [2.24, 2.45) is 0 Å². The Bertz CT molecular complexity index is 514. The van der Waals surface area contributed by atoms with Crippen molar-refractivity contribution in [1.29, 1.82) is 0 Å². The van der Waals surface area contributed by atoms with Gasteiger partial charge in [-0.2, -0.15) is 8.78 Å². The lowest BCUT2D eigenvalue weighted by atomic mass is 10.2. The van der Waals surface area contributed by atoms with Crippen molar-refractivity contribution in [1.82, 2.24) is 10.2 Å². The summed E-state index contributed by atoms with van der Waals surface area (Å²) in [5.74, 6) is -1.30. The molecule has 0 aromatic heterocycles. The van der Waals surface area contributed by atoms with Crippen molar-refractivity contribution < 1.29 is 28.2 Å². The molecule has 0 fully saturated rings. The average Bonchev–Trinajstić information content (AvgIpc) is 2.45. The zero-order valence-electron chi connectivity index (χ0n) is 12.7. The minimum absolute atomic E-state index is 0. The van der Waals surface area contributed by atoms with Gasteiger partial charge in [0.15, 0.2) is 0 Å². The van der Waals surface area contributed by atoms with Crippen molar-refractivity contribution in [3.05, 3.63) is 29.8 Å². The second-order valence-electron chi connectivity index (χ2n) is 4.73. The highest BCUT2D eigenvalue weighted by Gasteiger charge is 2.18. The van der Waals surface area contributed by atoms with Crippen molar-refractivity contribution in [3.8, 4) is 5.75 Å². The van der Waals surface area contributed by atoms with Crippen LogP contribution in [0.2, 0.25) is 0 Å². The number of alkyl halides is 2. The SMILES string of the molecule is CC(C(=O)O)N(C)CC(=O)NCc1ccc(OC(F)F)cc1.Cl. The molecular formula is C14H19ClF2N2O4. The Balaban J connectivity index is 0.00000484. The summed E-state index contributed by atoms with van der Waals surface area (Å²) in [4.78, 5) is 23.9. The molecule has 0 aliphatic carbocycles. The van der Waals surface area contributed by atoms with Crippen molar-refractivity contribution in [2.45, 2.75) is 26.1 Å². The summed E-state index contributed by atoms with van der Waals surface area (Å²) in [7, 11) is 1.54. The Kier molecular flexibility index (Phi) is 9.12. The Morgan fingerprint density at radius 2 is 1.87 bits per heavy atom. The topological polar surface area (TPSA) is 78.9 Å². The highest BCUT2D eigenvalue weighted by molar-refractivity contribution is 5.85. The van der Waals surface area contributed by atoms with E-state index in [2.05, 4.69) is 10.1 Å². The molecule has 1 rings (SSSR count). The van der Waals surface area contributed by atoms with Crippen LogP contribution in [0.5, 0.6) is 5.75 Å². The molecule has 23 heavy (non-hydrogen) atoms. The van der Waals surface area contributed by atoms with Crippen LogP contribution in [-0.4, -0.2) is 48.1 Å². The van der Waals surface area contributed by atoms with E-state index >= 15 is 0 Å². The lowest BCUT2D eigenvalue weighted by molar-refractivity contribution is -0.142. The Morgan fingerprint density at radius 3 is 2.35 bits per heavy atom. The molecule has 0 spiro atoms. The number of aliphatic carboxylic acids is 1. The van der Waals surface area contributed by atoms with Gasteiger partial charge in [-0.15, -0.1) is 12.4 Å². The predicted octanol–water partition coefficient (Wildman–Crippen LogP) is 1.73. The van der Waals surface area contributed by atoms with Crippen molar-refractivity contribution in [2.75, 3.05) is 13.6 Å². The van der Waals surface area contributed by atoms with E-state index in [4.69, 9.17) is 5.11 Å². The lowest BCUT2D eigenvalue weighted by Gasteiger charge is -2.20. The van der Waals surface area contributed by atoms with Gasteiger partial charge < -0.3 is 15.2 Å². The van der Waals surface area contributed by atoms with E-state index in [0.717, 1.165) is 0 Å². The quantitative estimate of drug-likeness (QED) is 0.745. The summed E-state index contributed by atoms with van der Waals surface area (Å²) in [6.07, 6.45) is 0. The van der Waals surface area contributed by atoms with Gasteiger partial charge >= 0.3 is 12.6 Å². The summed E-state index contributed by atoms with van der Waals surface area (Å²) in [6.45, 7) is -1.24. The molecule has 0 saturated heterocycles. The number of nitrogens with one attached hydrogen (secondary N) is 1. The second kappa shape index (κ2) is 9.96. The third-order valence-electron chi connectivity index (χ3n) is 3.05. The van der Waals surface area contributed by atoms with Crippen LogP contribution in [0, 0.1) is 0 Å². The first kappa shape index (κ1) is 21.1. The van der Waals surface area contributed by atoms with E-state index < -0.39 is 18.6 Å². The van der Waals surface area contributed by atoms with Crippen LogP contribution in [-0.2, 0) is 16.1 Å². The molecule has 130 valence electrons. The largest absolute Gasteiger partial charge is 0.480 e. The molecule has 1 unspecified atom stereocenters. The number of benzene rings is 1. The number of nitrogens with zero attached hydrogens (tertiary/aromatic N) is 1. The molecule has 1 atom stereocenters. The fourth-order valence-corrected chi connectivity index (χ4v) is 1.60. The molecule has 0 heterocycles. The zero-order chi connectivity index (χ0) is 16.7. The molecule has 6 nitrogen and oxygen atoms in total. The number of likely N-dealkylation sites (N-methyl/N-ethyl adjacent to an activating group) is 1. The van der Waals surface area contributed by atoms with Gasteiger partial charge in [-0.05, 0) is 31.7 Å². The van der Waals surface area contributed by atoms with Gasteiger partial charge in [0.1, 0.15) is 11.8 Å². The standard InChI is InChI=1S/C14H18F2N2O4.ClH/c1-9(13(20)21)18(2)8-12(19)17-7-10-3-5-11(6-4-10)22-14(15)16;/h3-6,9,14H,7-8H2,1-2H3,(H,17,19)(H,20,21);1H. The molecule has 0 aliphatic heterocycles. The monoisotopic (exact) mass is 352 g/mol. The van der Waals surface area contributed by atoms with Gasteiger partial charge in [-0.25, -0.2) is 0 Å². The number of hydrogen-bond donors (Lipinski definition) is 2. The number of amides is 1. The minimum atomic E-state index is -2.88. The van der Waals surface area contributed by atoms with Gasteiger partial charge in [0.2, 0.25) is 5.91 Å². The highest BCUT2D eigenvalue weighted by atomic mass is 35.5. The molecule has 1 aromatic carbocycles. The number of carbonyl (C=O) groups excluding carboxylic acids is 1. The number of halogens is 3. The Morgan fingerprint density at radius 1 is 1.30 bits per heavy atom. The number of rotatable bonds is 8. The maximum Gasteiger partial charge on any atom is 0.387 e. The number of hydrogen-bond acceptors (Lipinski definition) is 4. The number of carboxylic acids is 1. The van der Waals surface area contributed by atoms with Crippen molar-refractivity contribution in [3.63, 3.8) is 0 Å². The molecule has 1 amide bonds. The summed E-state index contributed by atoms with van der Waals surface area (Å²) >= 11 is 0. The van der Waals surface area contributed by atoms with E-state index in [0.29, 0.717) is 5.56 Å². The molecule has 0 aliphatic rings. The number of ether oxygens (including phenoxy) is 1. The summed E-state index contributed by atoms with van der Waals surface area (Å²) in [5, 5.41) is 11.4. The Hall–Kier alpha value is -1.93. The average molecular weight is 353 g/mol.